The monoisotopic (exact) mass is 226 g/mol. The number of nitrogens with one attached hydrogen (secondary N) is 1. The summed E-state index contributed by atoms with van der Waals surface area (Å²) in [5.74, 6) is -0.334. The lowest BCUT2D eigenvalue weighted by Crippen LogP contribution is -2.57. The van der Waals surface area contributed by atoms with E-state index < -0.39 is 5.97 Å². The van der Waals surface area contributed by atoms with Crippen molar-refractivity contribution >= 4 is 5.97 Å². The fraction of sp³-hybridized carbons (Fsp3) is 0.917. The van der Waals surface area contributed by atoms with Crippen molar-refractivity contribution in [1.82, 2.24) is 10.2 Å². The van der Waals surface area contributed by atoms with Gasteiger partial charge in [-0.15, -0.1) is 0 Å². The van der Waals surface area contributed by atoms with Gasteiger partial charge in [-0.1, -0.05) is 6.92 Å². The molecule has 2 heterocycles. The number of aliphatic carboxylic acids is 1. The lowest BCUT2D eigenvalue weighted by molar-refractivity contribution is -0.154. The van der Waals surface area contributed by atoms with Crippen LogP contribution in [-0.2, 0) is 4.79 Å². The Morgan fingerprint density at radius 1 is 1.50 bits per heavy atom. The van der Waals surface area contributed by atoms with Gasteiger partial charge in [-0.05, 0) is 50.9 Å². The Kier molecular flexibility index (Phi) is 3.22. The van der Waals surface area contributed by atoms with Gasteiger partial charge in [0.15, 0.2) is 0 Å². The van der Waals surface area contributed by atoms with E-state index in [0.717, 1.165) is 32.5 Å². The predicted octanol–water partition coefficient (Wildman–Crippen LogP) is 0.639. The van der Waals surface area contributed by atoms with Crippen LogP contribution < -0.4 is 5.32 Å². The van der Waals surface area contributed by atoms with Crippen LogP contribution in [-0.4, -0.2) is 49.2 Å². The molecule has 3 unspecified atom stereocenters. The molecule has 0 bridgehead atoms. The summed E-state index contributed by atoms with van der Waals surface area (Å²) in [6.07, 6.45) is 2.04. The second-order valence-corrected chi connectivity index (χ2v) is 5.49. The summed E-state index contributed by atoms with van der Waals surface area (Å²) >= 11 is 0. The second kappa shape index (κ2) is 4.34. The summed E-state index contributed by atoms with van der Waals surface area (Å²) in [5.41, 5.74) is 0.0313. The number of carboxylic acids is 1. The van der Waals surface area contributed by atoms with Crippen LogP contribution in [0.2, 0.25) is 0 Å². The van der Waals surface area contributed by atoms with Gasteiger partial charge in [-0.2, -0.15) is 0 Å². The third kappa shape index (κ3) is 1.84. The first-order valence-electron chi connectivity index (χ1n) is 6.18. The Hall–Kier alpha value is -0.610. The molecule has 0 aliphatic carbocycles. The zero-order valence-electron chi connectivity index (χ0n) is 10.2. The standard InChI is InChI=1S/C12H22N2O2/c1-9-7-13-5-3-12(9)4-6-14(2)8-10(12)11(15)16/h9-10,13H,3-8H2,1-2H3,(H,15,16). The molecule has 2 aliphatic rings. The van der Waals surface area contributed by atoms with E-state index in [0.29, 0.717) is 12.5 Å². The molecule has 0 aromatic heterocycles. The summed E-state index contributed by atoms with van der Waals surface area (Å²) in [5, 5.41) is 12.8. The fourth-order valence-electron chi connectivity index (χ4n) is 3.46. The van der Waals surface area contributed by atoms with Crippen LogP contribution in [0.15, 0.2) is 0 Å². The minimum absolute atomic E-state index is 0.0313. The normalized spacial score (nSPS) is 41.1. The van der Waals surface area contributed by atoms with E-state index in [9.17, 15) is 9.90 Å². The zero-order valence-corrected chi connectivity index (χ0v) is 10.2. The molecule has 2 fully saturated rings. The summed E-state index contributed by atoms with van der Waals surface area (Å²) in [7, 11) is 2.02. The van der Waals surface area contributed by atoms with Crippen LogP contribution in [0.5, 0.6) is 0 Å². The van der Waals surface area contributed by atoms with Gasteiger partial charge in [-0.3, -0.25) is 4.79 Å². The minimum Gasteiger partial charge on any atom is -0.481 e. The highest BCUT2D eigenvalue weighted by molar-refractivity contribution is 5.71. The first-order chi connectivity index (χ1) is 7.56. The fourth-order valence-corrected chi connectivity index (χ4v) is 3.46. The molecular weight excluding hydrogens is 204 g/mol. The van der Waals surface area contributed by atoms with Gasteiger partial charge in [0, 0.05) is 6.54 Å². The number of nitrogens with zero attached hydrogens (tertiary/aromatic N) is 1. The van der Waals surface area contributed by atoms with Crippen molar-refractivity contribution in [1.29, 1.82) is 0 Å². The number of carboxylic acid groups (broad SMARTS) is 1. The Balaban J connectivity index is 2.24. The third-order valence-electron chi connectivity index (χ3n) is 4.64. The molecule has 0 aromatic rings. The Bertz CT molecular complexity index is 282. The average Bonchev–Trinajstić information content (AvgIpc) is 2.25. The maximum absolute atomic E-state index is 11.5. The van der Waals surface area contributed by atoms with Crippen molar-refractivity contribution in [2.45, 2.75) is 19.8 Å². The van der Waals surface area contributed by atoms with Crippen LogP contribution in [0.4, 0.5) is 0 Å². The maximum atomic E-state index is 11.5. The first-order valence-corrected chi connectivity index (χ1v) is 6.18. The highest BCUT2D eigenvalue weighted by atomic mass is 16.4. The van der Waals surface area contributed by atoms with Gasteiger partial charge < -0.3 is 15.3 Å². The van der Waals surface area contributed by atoms with E-state index in [2.05, 4.69) is 17.1 Å². The van der Waals surface area contributed by atoms with Crippen LogP contribution in [0.25, 0.3) is 0 Å². The molecule has 1 spiro atoms. The number of hydrogen-bond donors (Lipinski definition) is 2. The van der Waals surface area contributed by atoms with E-state index in [1.807, 2.05) is 7.05 Å². The van der Waals surface area contributed by atoms with Crippen molar-refractivity contribution in [3.63, 3.8) is 0 Å². The SMILES string of the molecule is CC1CNCCC12CCN(C)CC2C(=O)O. The molecule has 92 valence electrons. The summed E-state index contributed by atoms with van der Waals surface area (Å²) in [4.78, 5) is 13.6. The van der Waals surface area contributed by atoms with Crippen LogP contribution in [0.1, 0.15) is 19.8 Å². The third-order valence-corrected chi connectivity index (χ3v) is 4.64. The van der Waals surface area contributed by atoms with Crippen molar-refractivity contribution in [3.05, 3.63) is 0 Å². The Morgan fingerprint density at radius 3 is 2.88 bits per heavy atom. The molecule has 2 saturated heterocycles. The molecule has 0 amide bonds. The maximum Gasteiger partial charge on any atom is 0.308 e. The van der Waals surface area contributed by atoms with Crippen molar-refractivity contribution < 1.29 is 9.90 Å². The van der Waals surface area contributed by atoms with Gasteiger partial charge >= 0.3 is 5.97 Å². The summed E-state index contributed by atoms with van der Waals surface area (Å²) in [6, 6.07) is 0. The second-order valence-electron chi connectivity index (χ2n) is 5.49. The van der Waals surface area contributed by atoms with Gasteiger partial charge in [0.2, 0.25) is 0 Å². The van der Waals surface area contributed by atoms with Gasteiger partial charge in [0.25, 0.3) is 0 Å². The molecule has 0 radical (unpaired) electrons. The van der Waals surface area contributed by atoms with Crippen molar-refractivity contribution in [2.75, 3.05) is 33.2 Å². The largest absolute Gasteiger partial charge is 0.481 e. The van der Waals surface area contributed by atoms with Crippen LogP contribution in [0.3, 0.4) is 0 Å². The predicted molar refractivity (Wildman–Crippen MR) is 62.3 cm³/mol. The zero-order chi connectivity index (χ0) is 11.8. The molecule has 2 aliphatic heterocycles. The van der Waals surface area contributed by atoms with Crippen molar-refractivity contribution in [2.24, 2.45) is 17.3 Å². The minimum atomic E-state index is -0.611. The highest BCUT2D eigenvalue weighted by Gasteiger charge is 2.50. The van der Waals surface area contributed by atoms with E-state index >= 15 is 0 Å². The molecule has 2 N–H and O–H groups in total. The lowest BCUT2D eigenvalue weighted by atomic mass is 9.60. The highest BCUT2D eigenvalue weighted by Crippen LogP contribution is 2.46. The van der Waals surface area contributed by atoms with Gasteiger partial charge in [0.1, 0.15) is 0 Å². The number of carbonyl (C=O) groups is 1. The number of rotatable bonds is 1. The number of piperidine rings is 2. The van der Waals surface area contributed by atoms with Crippen LogP contribution in [0, 0.1) is 17.3 Å². The topological polar surface area (TPSA) is 52.6 Å². The average molecular weight is 226 g/mol. The summed E-state index contributed by atoms with van der Waals surface area (Å²) in [6.45, 7) is 5.88. The number of likely N-dealkylation sites (tertiary alicyclic amines) is 1. The molecule has 2 rings (SSSR count). The van der Waals surface area contributed by atoms with Gasteiger partial charge in [0.05, 0.1) is 5.92 Å². The lowest BCUT2D eigenvalue weighted by Gasteiger charge is -2.51. The molecule has 0 saturated carbocycles. The van der Waals surface area contributed by atoms with E-state index in [1.54, 1.807) is 0 Å². The van der Waals surface area contributed by atoms with E-state index in [4.69, 9.17) is 0 Å². The van der Waals surface area contributed by atoms with Gasteiger partial charge in [-0.25, -0.2) is 0 Å². The molecular formula is C12H22N2O2. The van der Waals surface area contributed by atoms with Crippen LogP contribution >= 0.6 is 0 Å². The molecule has 3 atom stereocenters. The van der Waals surface area contributed by atoms with Crippen molar-refractivity contribution in [3.8, 4) is 0 Å². The summed E-state index contributed by atoms with van der Waals surface area (Å²) < 4.78 is 0. The Labute approximate surface area is 97.0 Å². The smallest absolute Gasteiger partial charge is 0.308 e. The first kappa shape index (κ1) is 11.9. The van der Waals surface area contributed by atoms with E-state index in [-0.39, 0.29) is 11.3 Å². The number of hydrogen-bond acceptors (Lipinski definition) is 3. The van der Waals surface area contributed by atoms with E-state index in [1.165, 1.54) is 0 Å². The molecule has 4 nitrogen and oxygen atoms in total. The molecule has 0 aromatic carbocycles. The Morgan fingerprint density at radius 2 is 2.25 bits per heavy atom. The molecule has 16 heavy (non-hydrogen) atoms. The molecule has 4 heteroatoms. The quantitative estimate of drug-likeness (QED) is 0.689.